The molecule has 0 aliphatic carbocycles. The maximum absolute atomic E-state index is 12.8. The number of likely N-dealkylation sites (tertiary alicyclic amines) is 1. The topological polar surface area (TPSA) is 40.5 Å². The molecule has 1 fully saturated rings. The van der Waals surface area contributed by atoms with Gasteiger partial charge >= 0.3 is 5.97 Å². The van der Waals surface area contributed by atoms with Gasteiger partial charge in [0.1, 0.15) is 5.82 Å². The van der Waals surface area contributed by atoms with E-state index in [1.807, 2.05) is 12.1 Å². The highest BCUT2D eigenvalue weighted by Gasteiger charge is 2.19. The molecule has 2 rings (SSSR count). The first-order valence-electron chi connectivity index (χ1n) is 6.82. The van der Waals surface area contributed by atoms with Crippen LogP contribution in [-0.2, 0) is 11.3 Å². The fourth-order valence-electron chi connectivity index (χ4n) is 2.61. The molecule has 1 saturated heterocycles. The lowest BCUT2D eigenvalue weighted by atomic mass is 9.92. The Labute approximate surface area is 113 Å². The van der Waals surface area contributed by atoms with Crippen molar-refractivity contribution >= 4 is 5.97 Å². The number of rotatable bonds is 5. The Morgan fingerprint density at radius 3 is 2.47 bits per heavy atom. The van der Waals surface area contributed by atoms with E-state index in [1.54, 1.807) is 0 Å². The summed E-state index contributed by atoms with van der Waals surface area (Å²) in [4.78, 5) is 12.9. The standard InChI is InChI=1S/C15H20FNO2/c16-14-4-1-13(2-5-14)11-17-9-7-12(8-10-17)3-6-15(18)19/h1-2,4-5,12H,3,6-11H2,(H,18,19). The van der Waals surface area contributed by atoms with Crippen LogP contribution in [0.1, 0.15) is 31.2 Å². The lowest BCUT2D eigenvalue weighted by molar-refractivity contribution is -0.137. The van der Waals surface area contributed by atoms with E-state index in [2.05, 4.69) is 4.90 Å². The average Bonchev–Trinajstić information content (AvgIpc) is 2.40. The summed E-state index contributed by atoms with van der Waals surface area (Å²) in [7, 11) is 0. The van der Waals surface area contributed by atoms with Crippen molar-refractivity contribution in [3.8, 4) is 0 Å². The summed E-state index contributed by atoms with van der Waals surface area (Å²) in [6.45, 7) is 2.86. The number of carboxylic acid groups (broad SMARTS) is 1. The van der Waals surface area contributed by atoms with Crippen LogP contribution in [0.15, 0.2) is 24.3 Å². The Kier molecular flexibility index (Phi) is 4.91. The van der Waals surface area contributed by atoms with Crippen LogP contribution in [-0.4, -0.2) is 29.1 Å². The lowest BCUT2D eigenvalue weighted by Gasteiger charge is -2.31. The Morgan fingerprint density at radius 1 is 1.26 bits per heavy atom. The number of benzene rings is 1. The zero-order chi connectivity index (χ0) is 13.7. The van der Waals surface area contributed by atoms with Gasteiger partial charge in [0.15, 0.2) is 0 Å². The van der Waals surface area contributed by atoms with Gasteiger partial charge in [-0.3, -0.25) is 9.69 Å². The average molecular weight is 265 g/mol. The molecule has 0 amide bonds. The molecule has 1 aromatic carbocycles. The molecule has 19 heavy (non-hydrogen) atoms. The minimum absolute atomic E-state index is 0.198. The summed E-state index contributed by atoms with van der Waals surface area (Å²) in [5.74, 6) is -0.356. The van der Waals surface area contributed by atoms with Gasteiger partial charge in [0, 0.05) is 13.0 Å². The van der Waals surface area contributed by atoms with Crippen LogP contribution in [0.3, 0.4) is 0 Å². The van der Waals surface area contributed by atoms with Gasteiger partial charge in [-0.25, -0.2) is 4.39 Å². The minimum Gasteiger partial charge on any atom is -0.481 e. The van der Waals surface area contributed by atoms with Crippen LogP contribution in [0.25, 0.3) is 0 Å². The van der Waals surface area contributed by atoms with E-state index in [1.165, 1.54) is 12.1 Å². The third-order valence-electron chi connectivity index (χ3n) is 3.79. The highest BCUT2D eigenvalue weighted by atomic mass is 19.1. The first-order chi connectivity index (χ1) is 9.13. The zero-order valence-electron chi connectivity index (χ0n) is 11.0. The van der Waals surface area contributed by atoms with Gasteiger partial charge < -0.3 is 5.11 Å². The Balaban J connectivity index is 1.74. The maximum atomic E-state index is 12.8. The molecule has 1 aliphatic rings. The van der Waals surface area contributed by atoms with E-state index >= 15 is 0 Å². The monoisotopic (exact) mass is 265 g/mol. The van der Waals surface area contributed by atoms with Crippen LogP contribution in [0, 0.1) is 11.7 Å². The second kappa shape index (κ2) is 6.66. The van der Waals surface area contributed by atoms with Crippen molar-refractivity contribution in [2.24, 2.45) is 5.92 Å². The molecule has 0 atom stereocenters. The van der Waals surface area contributed by atoms with Crippen molar-refractivity contribution in [1.29, 1.82) is 0 Å². The second-order valence-electron chi connectivity index (χ2n) is 5.28. The number of piperidine rings is 1. The summed E-state index contributed by atoms with van der Waals surface area (Å²) in [5.41, 5.74) is 1.13. The molecule has 0 bridgehead atoms. The van der Waals surface area contributed by atoms with Crippen LogP contribution in [0.4, 0.5) is 4.39 Å². The van der Waals surface area contributed by atoms with Crippen LogP contribution < -0.4 is 0 Å². The molecule has 104 valence electrons. The number of hydrogen-bond donors (Lipinski definition) is 1. The van der Waals surface area contributed by atoms with Crippen molar-refractivity contribution in [3.63, 3.8) is 0 Å². The molecule has 1 aliphatic heterocycles. The first-order valence-corrected chi connectivity index (χ1v) is 6.82. The first kappa shape index (κ1) is 14.0. The molecule has 0 spiro atoms. The van der Waals surface area contributed by atoms with E-state index < -0.39 is 5.97 Å². The molecule has 0 saturated carbocycles. The van der Waals surface area contributed by atoms with E-state index in [9.17, 15) is 9.18 Å². The maximum Gasteiger partial charge on any atom is 0.303 e. The largest absolute Gasteiger partial charge is 0.481 e. The van der Waals surface area contributed by atoms with E-state index in [-0.39, 0.29) is 12.2 Å². The predicted molar refractivity (Wildman–Crippen MR) is 71.3 cm³/mol. The molecule has 1 heterocycles. The number of aliphatic carboxylic acids is 1. The van der Waals surface area contributed by atoms with Gasteiger partial charge in [-0.2, -0.15) is 0 Å². The number of carboxylic acids is 1. The van der Waals surface area contributed by atoms with Crippen molar-refractivity contribution in [2.45, 2.75) is 32.2 Å². The van der Waals surface area contributed by atoms with Crippen molar-refractivity contribution in [3.05, 3.63) is 35.6 Å². The summed E-state index contributed by atoms with van der Waals surface area (Å²) in [6.07, 6.45) is 3.20. The summed E-state index contributed by atoms with van der Waals surface area (Å²) >= 11 is 0. The van der Waals surface area contributed by atoms with E-state index in [4.69, 9.17) is 5.11 Å². The molecule has 1 N–H and O–H groups in total. The molecule has 1 aromatic rings. The van der Waals surface area contributed by atoms with Gasteiger partial charge in [-0.1, -0.05) is 12.1 Å². The van der Waals surface area contributed by atoms with Gasteiger partial charge in [0.2, 0.25) is 0 Å². The SMILES string of the molecule is O=C(O)CCC1CCN(Cc2ccc(F)cc2)CC1. The van der Waals surface area contributed by atoms with Crippen molar-refractivity contribution in [1.82, 2.24) is 4.90 Å². The number of halogens is 1. The number of nitrogens with zero attached hydrogens (tertiary/aromatic N) is 1. The Hall–Kier alpha value is -1.42. The highest BCUT2D eigenvalue weighted by Crippen LogP contribution is 2.23. The molecular weight excluding hydrogens is 245 g/mol. The molecular formula is C15H20FNO2. The van der Waals surface area contributed by atoms with Gasteiger partial charge in [0.25, 0.3) is 0 Å². The van der Waals surface area contributed by atoms with E-state index in [0.29, 0.717) is 5.92 Å². The van der Waals surface area contributed by atoms with Gasteiger partial charge in [0.05, 0.1) is 0 Å². The normalized spacial score (nSPS) is 17.5. The molecule has 0 unspecified atom stereocenters. The summed E-state index contributed by atoms with van der Waals surface area (Å²) < 4.78 is 12.8. The summed E-state index contributed by atoms with van der Waals surface area (Å²) in [6, 6.07) is 6.64. The number of carbonyl (C=O) groups is 1. The second-order valence-corrected chi connectivity index (χ2v) is 5.28. The fourth-order valence-corrected chi connectivity index (χ4v) is 2.61. The lowest BCUT2D eigenvalue weighted by Crippen LogP contribution is -2.33. The van der Waals surface area contributed by atoms with E-state index in [0.717, 1.165) is 44.5 Å². The molecule has 0 radical (unpaired) electrons. The summed E-state index contributed by atoms with van der Waals surface area (Å²) in [5, 5.41) is 8.67. The quantitative estimate of drug-likeness (QED) is 0.890. The van der Waals surface area contributed by atoms with Gasteiger partial charge in [-0.05, 0) is 56.0 Å². The van der Waals surface area contributed by atoms with Crippen molar-refractivity contribution in [2.75, 3.05) is 13.1 Å². The number of hydrogen-bond acceptors (Lipinski definition) is 2. The van der Waals surface area contributed by atoms with Crippen LogP contribution >= 0.6 is 0 Å². The fraction of sp³-hybridized carbons (Fsp3) is 0.533. The molecule has 3 nitrogen and oxygen atoms in total. The third-order valence-corrected chi connectivity index (χ3v) is 3.79. The van der Waals surface area contributed by atoms with Crippen molar-refractivity contribution < 1.29 is 14.3 Å². The molecule has 4 heteroatoms. The molecule has 0 aromatic heterocycles. The van der Waals surface area contributed by atoms with Crippen LogP contribution in [0.2, 0.25) is 0 Å². The smallest absolute Gasteiger partial charge is 0.303 e. The van der Waals surface area contributed by atoms with Crippen LogP contribution in [0.5, 0.6) is 0 Å². The van der Waals surface area contributed by atoms with Gasteiger partial charge in [-0.15, -0.1) is 0 Å². The third kappa shape index (κ3) is 4.63. The Morgan fingerprint density at radius 2 is 1.89 bits per heavy atom. The predicted octanol–water partition coefficient (Wildman–Crippen LogP) is 2.90. The Bertz CT molecular complexity index is 411. The highest BCUT2D eigenvalue weighted by molar-refractivity contribution is 5.66. The minimum atomic E-state index is -0.700. The zero-order valence-corrected chi connectivity index (χ0v) is 11.0.